The maximum Gasteiger partial charge on any atom is 0.401 e. The standard InChI is InChI=1S/C7H14F3NO/c1-6(2-3-12)4-11-5-7(8,9)10/h6,11-12H,2-5H2,1H3. The van der Waals surface area contributed by atoms with Crippen LogP contribution in [0, 0.1) is 5.92 Å². The van der Waals surface area contributed by atoms with Crippen molar-refractivity contribution in [1.29, 1.82) is 0 Å². The van der Waals surface area contributed by atoms with Crippen LogP contribution in [0.25, 0.3) is 0 Å². The fourth-order valence-corrected chi connectivity index (χ4v) is 0.783. The summed E-state index contributed by atoms with van der Waals surface area (Å²) in [7, 11) is 0. The first-order valence-corrected chi connectivity index (χ1v) is 3.84. The van der Waals surface area contributed by atoms with E-state index in [1.54, 1.807) is 6.92 Å². The summed E-state index contributed by atoms with van der Waals surface area (Å²) in [6.45, 7) is 1.15. The van der Waals surface area contributed by atoms with Crippen molar-refractivity contribution < 1.29 is 18.3 Å². The Morgan fingerprint density at radius 2 is 2.00 bits per heavy atom. The van der Waals surface area contributed by atoms with E-state index in [2.05, 4.69) is 5.32 Å². The maximum absolute atomic E-state index is 11.6. The minimum Gasteiger partial charge on any atom is -0.396 e. The highest BCUT2D eigenvalue weighted by molar-refractivity contribution is 4.60. The van der Waals surface area contributed by atoms with Gasteiger partial charge in [0.25, 0.3) is 0 Å². The molecule has 0 aliphatic rings. The third kappa shape index (κ3) is 7.81. The molecule has 0 heterocycles. The van der Waals surface area contributed by atoms with E-state index in [1.165, 1.54) is 0 Å². The lowest BCUT2D eigenvalue weighted by molar-refractivity contribution is -0.125. The Morgan fingerprint density at radius 3 is 2.42 bits per heavy atom. The van der Waals surface area contributed by atoms with Crippen LogP contribution < -0.4 is 5.32 Å². The van der Waals surface area contributed by atoms with Crippen LogP contribution in [0.15, 0.2) is 0 Å². The van der Waals surface area contributed by atoms with Gasteiger partial charge in [-0.05, 0) is 18.9 Å². The van der Waals surface area contributed by atoms with E-state index in [-0.39, 0.29) is 12.5 Å². The molecule has 0 saturated heterocycles. The lowest BCUT2D eigenvalue weighted by atomic mass is 10.1. The first kappa shape index (κ1) is 11.7. The Hall–Kier alpha value is -0.290. The Balaban J connectivity index is 3.31. The summed E-state index contributed by atoms with van der Waals surface area (Å²) < 4.78 is 34.7. The number of hydrogen-bond acceptors (Lipinski definition) is 2. The number of aliphatic hydroxyl groups excluding tert-OH is 1. The van der Waals surface area contributed by atoms with Crippen LogP contribution in [0.3, 0.4) is 0 Å². The predicted molar refractivity (Wildman–Crippen MR) is 39.8 cm³/mol. The molecular formula is C7H14F3NO. The minimum absolute atomic E-state index is 0.0227. The number of nitrogens with one attached hydrogen (secondary N) is 1. The number of aliphatic hydroxyl groups is 1. The Morgan fingerprint density at radius 1 is 1.42 bits per heavy atom. The highest BCUT2D eigenvalue weighted by atomic mass is 19.4. The molecular weight excluding hydrogens is 171 g/mol. The van der Waals surface area contributed by atoms with E-state index in [0.717, 1.165) is 0 Å². The minimum atomic E-state index is -4.14. The van der Waals surface area contributed by atoms with Gasteiger partial charge in [0.2, 0.25) is 0 Å². The molecule has 0 fully saturated rings. The maximum atomic E-state index is 11.6. The van der Waals surface area contributed by atoms with Gasteiger partial charge in [0.05, 0.1) is 6.54 Å². The average Bonchev–Trinajstić information content (AvgIpc) is 1.84. The molecule has 0 aliphatic carbocycles. The van der Waals surface area contributed by atoms with E-state index in [0.29, 0.717) is 13.0 Å². The number of alkyl halides is 3. The monoisotopic (exact) mass is 185 g/mol. The molecule has 0 aliphatic heterocycles. The van der Waals surface area contributed by atoms with Crippen LogP contribution in [0.1, 0.15) is 13.3 Å². The van der Waals surface area contributed by atoms with Gasteiger partial charge >= 0.3 is 6.18 Å². The zero-order valence-corrected chi connectivity index (χ0v) is 6.99. The zero-order chi connectivity index (χ0) is 9.61. The molecule has 0 aromatic heterocycles. The molecule has 0 aromatic carbocycles. The molecule has 1 unspecified atom stereocenters. The summed E-state index contributed by atoms with van der Waals surface area (Å²) in [6.07, 6.45) is -3.61. The Labute approximate surface area is 69.8 Å². The van der Waals surface area contributed by atoms with Crippen molar-refractivity contribution in [2.45, 2.75) is 19.5 Å². The smallest absolute Gasteiger partial charge is 0.396 e. The quantitative estimate of drug-likeness (QED) is 0.673. The van der Waals surface area contributed by atoms with Gasteiger partial charge in [-0.1, -0.05) is 6.92 Å². The predicted octanol–water partition coefficient (Wildman–Crippen LogP) is 1.16. The molecule has 0 aromatic rings. The van der Waals surface area contributed by atoms with Crippen LogP contribution >= 0.6 is 0 Å². The van der Waals surface area contributed by atoms with Gasteiger partial charge in [-0.3, -0.25) is 0 Å². The Bertz CT molecular complexity index is 116. The van der Waals surface area contributed by atoms with Gasteiger partial charge in [-0.15, -0.1) is 0 Å². The van der Waals surface area contributed by atoms with Crippen molar-refractivity contribution in [3.8, 4) is 0 Å². The second-order valence-electron chi connectivity index (χ2n) is 2.86. The van der Waals surface area contributed by atoms with Gasteiger partial charge in [0.1, 0.15) is 0 Å². The van der Waals surface area contributed by atoms with Gasteiger partial charge in [0, 0.05) is 6.61 Å². The van der Waals surface area contributed by atoms with E-state index >= 15 is 0 Å². The number of rotatable bonds is 5. The molecule has 0 spiro atoms. The Kier molecular flexibility index (Phi) is 5.24. The van der Waals surface area contributed by atoms with E-state index in [1.807, 2.05) is 0 Å². The van der Waals surface area contributed by atoms with Crippen LogP contribution in [-0.4, -0.2) is 31.0 Å². The largest absolute Gasteiger partial charge is 0.401 e. The van der Waals surface area contributed by atoms with Gasteiger partial charge < -0.3 is 10.4 Å². The fraction of sp³-hybridized carbons (Fsp3) is 1.00. The van der Waals surface area contributed by atoms with Crippen molar-refractivity contribution in [3.63, 3.8) is 0 Å². The van der Waals surface area contributed by atoms with Crippen molar-refractivity contribution in [3.05, 3.63) is 0 Å². The lowest BCUT2D eigenvalue weighted by Crippen LogP contribution is -2.32. The first-order chi connectivity index (χ1) is 5.45. The molecule has 5 heteroatoms. The van der Waals surface area contributed by atoms with Crippen molar-refractivity contribution >= 4 is 0 Å². The van der Waals surface area contributed by atoms with Crippen molar-refractivity contribution in [1.82, 2.24) is 5.32 Å². The summed E-state index contributed by atoms with van der Waals surface area (Å²) in [5.74, 6) is 0.0809. The normalized spacial score (nSPS) is 14.8. The van der Waals surface area contributed by atoms with Crippen molar-refractivity contribution in [2.75, 3.05) is 19.7 Å². The SMILES string of the molecule is CC(CCO)CNCC(F)(F)F. The fourth-order valence-electron chi connectivity index (χ4n) is 0.783. The summed E-state index contributed by atoms with van der Waals surface area (Å²) in [6, 6.07) is 0. The van der Waals surface area contributed by atoms with Crippen LogP contribution in [-0.2, 0) is 0 Å². The summed E-state index contributed by atoms with van der Waals surface area (Å²) in [5.41, 5.74) is 0. The molecule has 0 bridgehead atoms. The number of hydrogen-bond donors (Lipinski definition) is 2. The van der Waals surface area contributed by atoms with E-state index in [4.69, 9.17) is 5.11 Å². The molecule has 0 rings (SSSR count). The van der Waals surface area contributed by atoms with E-state index in [9.17, 15) is 13.2 Å². The molecule has 1 atom stereocenters. The summed E-state index contributed by atoms with van der Waals surface area (Å²) >= 11 is 0. The molecule has 12 heavy (non-hydrogen) atoms. The first-order valence-electron chi connectivity index (χ1n) is 3.84. The third-order valence-corrected chi connectivity index (χ3v) is 1.44. The topological polar surface area (TPSA) is 32.3 Å². The second-order valence-corrected chi connectivity index (χ2v) is 2.86. The van der Waals surface area contributed by atoms with Gasteiger partial charge in [0.15, 0.2) is 0 Å². The second kappa shape index (κ2) is 5.37. The molecule has 0 amide bonds. The summed E-state index contributed by atoms with van der Waals surface area (Å²) in [4.78, 5) is 0. The molecule has 74 valence electrons. The highest BCUT2D eigenvalue weighted by Gasteiger charge is 2.26. The molecule has 0 radical (unpaired) electrons. The number of halogens is 3. The van der Waals surface area contributed by atoms with E-state index < -0.39 is 12.7 Å². The van der Waals surface area contributed by atoms with Gasteiger partial charge in [-0.2, -0.15) is 13.2 Å². The van der Waals surface area contributed by atoms with Crippen LogP contribution in [0.4, 0.5) is 13.2 Å². The third-order valence-electron chi connectivity index (χ3n) is 1.44. The van der Waals surface area contributed by atoms with Crippen LogP contribution in [0.2, 0.25) is 0 Å². The van der Waals surface area contributed by atoms with Gasteiger partial charge in [-0.25, -0.2) is 0 Å². The van der Waals surface area contributed by atoms with Crippen LogP contribution in [0.5, 0.6) is 0 Å². The molecule has 2 nitrogen and oxygen atoms in total. The average molecular weight is 185 g/mol. The molecule has 0 saturated carbocycles. The lowest BCUT2D eigenvalue weighted by Gasteiger charge is -2.12. The van der Waals surface area contributed by atoms with Crippen molar-refractivity contribution in [2.24, 2.45) is 5.92 Å². The zero-order valence-electron chi connectivity index (χ0n) is 6.99. The summed E-state index contributed by atoms with van der Waals surface area (Å²) in [5, 5.41) is 10.7. The molecule has 2 N–H and O–H groups in total. The highest BCUT2D eigenvalue weighted by Crippen LogP contribution is 2.12.